The molecule has 0 radical (unpaired) electrons. The molecule has 1 aromatic heterocycles. The van der Waals surface area contributed by atoms with Crippen LogP contribution in [0.5, 0.6) is 0 Å². The third kappa shape index (κ3) is 2.76. The quantitative estimate of drug-likeness (QED) is 0.942. The standard InChI is InChI=1S/C17H18N2O2S/c1-11(2)16(20)18-13-5-6-14-12(10-13)7-8-19(14)17(21)15-4-3-9-22-15/h3-6,9-11H,7-8H2,1-2H3,(H,18,20). The van der Waals surface area contributed by atoms with Crippen molar-refractivity contribution in [2.45, 2.75) is 20.3 Å². The minimum absolute atomic E-state index is 0.00413. The van der Waals surface area contributed by atoms with Crippen molar-refractivity contribution >= 4 is 34.5 Å². The van der Waals surface area contributed by atoms with Crippen molar-refractivity contribution in [1.82, 2.24) is 0 Å². The molecule has 0 saturated carbocycles. The van der Waals surface area contributed by atoms with E-state index >= 15 is 0 Å². The molecule has 1 aliphatic rings. The van der Waals surface area contributed by atoms with Crippen molar-refractivity contribution in [2.24, 2.45) is 5.92 Å². The highest BCUT2D eigenvalue weighted by Crippen LogP contribution is 2.32. The maximum Gasteiger partial charge on any atom is 0.268 e. The molecular weight excluding hydrogens is 296 g/mol. The van der Waals surface area contributed by atoms with Crippen LogP contribution in [0.3, 0.4) is 0 Å². The topological polar surface area (TPSA) is 49.4 Å². The maximum atomic E-state index is 12.5. The van der Waals surface area contributed by atoms with Gasteiger partial charge in [0.1, 0.15) is 0 Å². The minimum atomic E-state index is -0.0508. The Hall–Kier alpha value is -2.14. The van der Waals surface area contributed by atoms with E-state index in [1.165, 1.54) is 11.3 Å². The minimum Gasteiger partial charge on any atom is -0.326 e. The van der Waals surface area contributed by atoms with Gasteiger partial charge in [-0.2, -0.15) is 0 Å². The second kappa shape index (κ2) is 5.93. The van der Waals surface area contributed by atoms with E-state index in [-0.39, 0.29) is 17.7 Å². The number of carbonyl (C=O) groups is 2. The highest BCUT2D eigenvalue weighted by molar-refractivity contribution is 7.12. The number of fused-ring (bicyclic) bond motifs is 1. The van der Waals surface area contributed by atoms with E-state index in [4.69, 9.17) is 0 Å². The van der Waals surface area contributed by atoms with Gasteiger partial charge in [0.2, 0.25) is 5.91 Å². The highest BCUT2D eigenvalue weighted by Gasteiger charge is 2.26. The first kappa shape index (κ1) is 14.8. The van der Waals surface area contributed by atoms with Crippen molar-refractivity contribution in [3.8, 4) is 0 Å². The SMILES string of the molecule is CC(C)C(=O)Nc1ccc2c(c1)CCN2C(=O)c1cccs1. The van der Waals surface area contributed by atoms with Crippen LogP contribution in [0.25, 0.3) is 0 Å². The average Bonchev–Trinajstić information content (AvgIpc) is 3.15. The summed E-state index contributed by atoms with van der Waals surface area (Å²) in [6.45, 7) is 4.42. The molecule has 0 unspecified atom stereocenters. The summed E-state index contributed by atoms with van der Waals surface area (Å²) < 4.78 is 0. The zero-order chi connectivity index (χ0) is 15.7. The normalized spacial score (nSPS) is 13.3. The lowest BCUT2D eigenvalue weighted by Crippen LogP contribution is -2.28. The number of amides is 2. The van der Waals surface area contributed by atoms with Gasteiger partial charge in [0, 0.05) is 23.8 Å². The Kier molecular flexibility index (Phi) is 3.98. The molecule has 5 heteroatoms. The lowest BCUT2D eigenvalue weighted by molar-refractivity contribution is -0.118. The highest BCUT2D eigenvalue weighted by atomic mass is 32.1. The molecule has 2 amide bonds. The predicted molar refractivity (Wildman–Crippen MR) is 89.6 cm³/mol. The molecule has 2 heterocycles. The van der Waals surface area contributed by atoms with Crippen LogP contribution in [0.1, 0.15) is 29.1 Å². The second-order valence-corrected chi connectivity index (χ2v) is 6.62. The number of anilines is 2. The molecule has 4 nitrogen and oxygen atoms in total. The molecule has 22 heavy (non-hydrogen) atoms. The predicted octanol–water partition coefficient (Wildman–Crippen LogP) is 3.55. The van der Waals surface area contributed by atoms with Gasteiger partial charge < -0.3 is 10.2 Å². The molecule has 0 fully saturated rings. The summed E-state index contributed by atoms with van der Waals surface area (Å²) in [4.78, 5) is 26.8. The number of nitrogens with zero attached hydrogens (tertiary/aromatic N) is 1. The van der Waals surface area contributed by atoms with Crippen molar-refractivity contribution in [2.75, 3.05) is 16.8 Å². The van der Waals surface area contributed by atoms with Crippen LogP contribution in [0.4, 0.5) is 11.4 Å². The molecule has 3 rings (SSSR count). The summed E-state index contributed by atoms with van der Waals surface area (Å²) >= 11 is 1.46. The van der Waals surface area contributed by atoms with Crippen LogP contribution >= 0.6 is 11.3 Å². The van der Waals surface area contributed by atoms with Crippen LogP contribution in [0.2, 0.25) is 0 Å². The molecule has 0 spiro atoms. The summed E-state index contributed by atoms with van der Waals surface area (Å²) in [7, 11) is 0. The first-order chi connectivity index (χ1) is 10.6. The molecule has 114 valence electrons. The van der Waals surface area contributed by atoms with Gasteiger partial charge in [-0.05, 0) is 41.6 Å². The molecule has 0 bridgehead atoms. The first-order valence-corrected chi connectivity index (χ1v) is 8.23. The van der Waals surface area contributed by atoms with E-state index in [0.29, 0.717) is 6.54 Å². The third-order valence-electron chi connectivity index (χ3n) is 3.74. The number of carbonyl (C=O) groups excluding carboxylic acids is 2. The Balaban J connectivity index is 1.81. The van der Waals surface area contributed by atoms with Gasteiger partial charge in [-0.25, -0.2) is 0 Å². The Bertz CT molecular complexity index is 707. The van der Waals surface area contributed by atoms with Crippen molar-refractivity contribution in [1.29, 1.82) is 0 Å². The average molecular weight is 314 g/mol. The van der Waals surface area contributed by atoms with Crippen molar-refractivity contribution < 1.29 is 9.59 Å². The molecule has 2 aromatic rings. The Labute approximate surface area is 133 Å². The Morgan fingerprint density at radius 1 is 1.27 bits per heavy atom. The van der Waals surface area contributed by atoms with Gasteiger partial charge in [-0.3, -0.25) is 9.59 Å². The summed E-state index contributed by atoms with van der Waals surface area (Å²) in [5.41, 5.74) is 2.84. The van der Waals surface area contributed by atoms with E-state index in [1.807, 2.05) is 54.5 Å². The molecule has 0 atom stereocenters. The molecule has 0 saturated heterocycles. The molecule has 1 aliphatic heterocycles. The van der Waals surface area contributed by atoms with Gasteiger partial charge in [-0.1, -0.05) is 19.9 Å². The zero-order valence-electron chi connectivity index (χ0n) is 12.6. The van der Waals surface area contributed by atoms with Gasteiger partial charge >= 0.3 is 0 Å². The first-order valence-electron chi connectivity index (χ1n) is 7.35. The summed E-state index contributed by atoms with van der Waals surface area (Å²) in [6.07, 6.45) is 0.817. The third-order valence-corrected chi connectivity index (χ3v) is 4.60. The number of nitrogens with one attached hydrogen (secondary N) is 1. The van der Waals surface area contributed by atoms with E-state index in [2.05, 4.69) is 5.32 Å². The number of hydrogen-bond acceptors (Lipinski definition) is 3. The smallest absolute Gasteiger partial charge is 0.268 e. The molecule has 0 aliphatic carbocycles. The maximum absolute atomic E-state index is 12.5. The summed E-state index contributed by atoms with van der Waals surface area (Å²) in [6, 6.07) is 9.49. The van der Waals surface area contributed by atoms with Gasteiger partial charge in [0.05, 0.1) is 4.88 Å². The van der Waals surface area contributed by atoms with E-state index in [1.54, 1.807) is 0 Å². The number of thiophene rings is 1. The van der Waals surface area contributed by atoms with Crippen molar-refractivity contribution in [3.05, 3.63) is 46.2 Å². The van der Waals surface area contributed by atoms with E-state index in [0.717, 1.165) is 28.2 Å². The fourth-order valence-electron chi connectivity index (χ4n) is 2.51. The van der Waals surface area contributed by atoms with Crippen LogP contribution in [-0.2, 0) is 11.2 Å². The Morgan fingerprint density at radius 3 is 2.77 bits per heavy atom. The van der Waals surface area contributed by atoms with Crippen LogP contribution in [-0.4, -0.2) is 18.4 Å². The summed E-state index contributed by atoms with van der Waals surface area (Å²) in [5, 5.41) is 4.81. The van der Waals surface area contributed by atoms with Crippen LogP contribution < -0.4 is 10.2 Å². The van der Waals surface area contributed by atoms with Gasteiger partial charge in [0.15, 0.2) is 0 Å². The van der Waals surface area contributed by atoms with Gasteiger partial charge in [0.25, 0.3) is 5.91 Å². The number of hydrogen-bond donors (Lipinski definition) is 1. The lowest BCUT2D eigenvalue weighted by Gasteiger charge is -2.17. The van der Waals surface area contributed by atoms with E-state index in [9.17, 15) is 9.59 Å². The molecular formula is C17H18N2O2S. The molecule has 1 aromatic carbocycles. The largest absolute Gasteiger partial charge is 0.326 e. The van der Waals surface area contributed by atoms with E-state index < -0.39 is 0 Å². The van der Waals surface area contributed by atoms with Crippen LogP contribution in [0, 0.1) is 5.92 Å². The second-order valence-electron chi connectivity index (χ2n) is 5.67. The zero-order valence-corrected chi connectivity index (χ0v) is 13.4. The van der Waals surface area contributed by atoms with Crippen molar-refractivity contribution in [3.63, 3.8) is 0 Å². The lowest BCUT2D eigenvalue weighted by atomic mass is 10.1. The Morgan fingerprint density at radius 2 is 2.09 bits per heavy atom. The summed E-state index contributed by atoms with van der Waals surface area (Å²) in [5.74, 6) is 0.00217. The van der Waals surface area contributed by atoms with Gasteiger partial charge in [-0.15, -0.1) is 11.3 Å². The fraction of sp³-hybridized carbons (Fsp3) is 0.294. The molecule has 1 N–H and O–H groups in total. The number of rotatable bonds is 3. The fourth-order valence-corrected chi connectivity index (χ4v) is 3.18. The monoisotopic (exact) mass is 314 g/mol. The van der Waals surface area contributed by atoms with Crippen LogP contribution in [0.15, 0.2) is 35.7 Å². The number of benzene rings is 1.